The largest absolute Gasteiger partial charge is 0.0845 e. The minimum atomic E-state index is 1.19. The summed E-state index contributed by atoms with van der Waals surface area (Å²) in [5, 5.41) is 0. The minimum Gasteiger partial charge on any atom is -0.0845 e. The van der Waals surface area contributed by atoms with Crippen LogP contribution >= 0.6 is 0 Å². The average molecular weight is 247 g/mol. The van der Waals surface area contributed by atoms with Crippen LogP contribution in [0.2, 0.25) is 0 Å². The van der Waals surface area contributed by atoms with Gasteiger partial charge in [0.1, 0.15) is 0 Å². The van der Waals surface area contributed by atoms with Crippen LogP contribution in [-0.4, -0.2) is 0 Å². The van der Waals surface area contributed by atoms with E-state index in [1.807, 2.05) is 6.08 Å². The smallest absolute Gasteiger partial charge is 0.0187 e. The van der Waals surface area contributed by atoms with Gasteiger partial charge in [-0.3, -0.25) is 0 Å². The summed E-state index contributed by atoms with van der Waals surface area (Å²) in [5.41, 5.74) is 0. The zero-order valence-electron chi connectivity index (χ0n) is 12.5. The molecule has 0 aliphatic rings. The third-order valence-corrected chi connectivity index (χ3v) is 2.99. The SMILES string of the molecule is CCCC\C=C/C=[C]/C=C\CCCCCCCC. The molecule has 0 amide bonds. The van der Waals surface area contributed by atoms with Gasteiger partial charge in [0.2, 0.25) is 0 Å². The maximum absolute atomic E-state index is 3.18. The molecule has 0 aromatic carbocycles. The van der Waals surface area contributed by atoms with E-state index in [2.05, 4.69) is 44.2 Å². The molecule has 0 N–H and O–H groups in total. The lowest BCUT2D eigenvalue weighted by Crippen LogP contribution is -1.77. The van der Waals surface area contributed by atoms with Crippen LogP contribution in [0.1, 0.15) is 78.1 Å². The molecule has 0 nitrogen and oxygen atoms in total. The molecular weight excluding hydrogens is 216 g/mol. The van der Waals surface area contributed by atoms with Crippen molar-refractivity contribution in [2.45, 2.75) is 78.1 Å². The summed E-state index contributed by atoms with van der Waals surface area (Å²) >= 11 is 0. The monoisotopic (exact) mass is 247 g/mol. The highest BCUT2D eigenvalue weighted by molar-refractivity contribution is 5.05. The predicted octanol–water partition coefficient (Wildman–Crippen LogP) is 6.40. The zero-order valence-corrected chi connectivity index (χ0v) is 12.5. The maximum Gasteiger partial charge on any atom is -0.0187 e. The molecule has 0 bridgehead atoms. The normalized spacial score (nSPS) is 12.3. The fraction of sp³-hybridized carbons (Fsp3) is 0.667. The summed E-state index contributed by atoms with van der Waals surface area (Å²) < 4.78 is 0. The van der Waals surface area contributed by atoms with Crippen molar-refractivity contribution in [2.24, 2.45) is 0 Å². The van der Waals surface area contributed by atoms with Gasteiger partial charge in [0, 0.05) is 0 Å². The summed E-state index contributed by atoms with van der Waals surface area (Å²) in [6, 6.07) is 0. The highest BCUT2D eigenvalue weighted by Crippen LogP contribution is 2.07. The van der Waals surface area contributed by atoms with Crippen molar-refractivity contribution < 1.29 is 0 Å². The van der Waals surface area contributed by atoms with E-state index in [1.165, 1.54) is 64.2 Å². The fourth-order valence-corrected chi connectivity index (χ4v) is 1.79. The Balaban J connectivity index is 3.26. The maximum atomic E-state index is 3.18. The Kier molecular flexibility index (Phi) is 15.5. The minimum absolute atomic E-state index is 1.19. The molecule has 0 saturated carbocycles. The van der Waals surface area contributed by atoms with Crippen molar-refractivity contribution in [3.8, 4) is 0 Å². The lowest BCUT2D eigenvalue weighted by Gasteiger charge is -1.97. The van der Waals surface area contributed by atoms with Crippen LogP contribution in [0.25, 0.3) is 0 Å². The van der Waals surface area contributed by atoms with Gasteiger partial charge in [-0.1, -0.05) is 89.2 Å². The molecule has 0 aliphatic carbocycles. The molecule has 0 heteroatoms. The first-order valence-electron chi connectivity index (χ1n) is 7.81. The Morgan fingerprint density at radius 3 is 2.17 bits per heavy atom. The van der Waals surface area contributed by atoms with Crippen LogP contribution in [0.4, 0.5) is 0 Å². The van der Waals surface area contributed by atoms with Gasteiger partial charge in [-0.05, 0) is 25.3 Å². The van der Waals surface area contributed by atoms with E-state index in [0.29, 0.717) is 0 Å². The number of hydrogen-bond acceptors (Lipinski definition) is 0. The Morgan fingerprint density at radius 2 is 1.39 bits per heavy atom. The lowest BCUT2D eigenvalue weighted by molar-refractivity contribution is 0.611. The van der Waals surface area contributed by atoms with Gasteiger partial charge < -0.3 is 0 Å². The number of hydrogen-bond donors (Lipinski definition) is 0. The Hall–Kier alpha value is -0.780. The van der Waals surface area contributed by atoms with Gasteiger partial charge in [-0.15, -0.1) is 0 Å². The molecule has 0 aromatic heterocycles. The summed E-state index contributed by atoms with van der Waals surface area (Å²) in [5.74, 6) is 0. The van der Waals surface area contributed by atoms with Crippen molar-refractivity contribution in [3.05, 3.63) is 36.5 Å². The molecule has 0 heterocycles. The van der Waals surface area contributed by atoms with Crippen molar-refractivity contribution in [2.75, 3.05) is 0 Å². The summed E-state index contributed by atoms with van der Waals surface area (Å²) in [7, 11) is 0. The Labute approximate surface area is 115 Å². The van der Waals surface area contributed by atoms with Crippen molar-refractivity contribution >= 4 is 0 Å². The number of unbranched alkanes of at least 4 members (excludes halogenated alkanes) is 8. The molecule has 103 valence electrons. The van der Waals surface area contributed by atoms with E-state index in [-0.39, 0.29) is 0 Å². The van der Waals surface area contributed by atoms with Crippen LogP contribution in [0, 0.1) is 6.08 Å². The van der Waals surface area contributed by atoms with Gasteiger partial charge in [-0.25, -0.2) is 0 Å². The first kappa shape index (κ1) is 17.2. The van der Waals surface area contributed by atoms with E-state index in [9.17, 15) is 0 Å². The van der Waals surface area contributed by atoms with E-state index in [0.717, 1.165) is 0 Å². The van der Waals surface area contributed by atoms with Crippen molar-refractivity contribution in [3.63, 3.8) is 0 Å². The van der Waals surface area contributed by atoms with E-state index in [4.69, 9.17) is 0 Å². The lowest BCUT2D eigenvalue weighted by atomic mass is 10.1. The topological polar surface area (TPSA) is 0 Å². The third-order valence-electron chi connectivity index (χ3n) is 2.99. The van der Waals surface area contributed by atoms with Gasteiger partial charge >= 0.3 is 0 Å². The van der Waals surface area contributed by atoms with Crippen LogP contribution in [0.3, 0.4) is 0 Å². The van der Waals surface area contributed by atoms with Gasteiger partial charge in [0.25, 0.3) is 0 Å². The van der Waals surface area contributed by atoms with E-state index in [1.54, 1.807) is 0 Å². The van der Waals surface area contributed by atoms with Crippen LogP contribution in [-0.2, 0) is 0 Å². The van der Waals surface area contributed by atoms with Crippen molar-refractivity contribution in [1.82, 2.24) is 0 Å². The Morgan fingerprint density at radius 1 is 0.722 bits per heavy atom. The van der Waals surface area contributed by atoms with Gasteiger partial charge in [-0.2, -0.15) is 0 Å². The van der Waals surface area contributed by atoms with Crippen LogP contribution < -0.4 is 0 Å². The Bertz CT molecular complexity index is 220. The fourth-order valence-electron chi connectivity index (χ4n) is 1.79. The van der Waals surface area contributed by atoms with E-state index < -0.39 is 0 Å². The van der Waals surface area contributed by atoms with E-state index >= 15 is 0 Å². The van der Waals surface area contributed by atoms with Gasteiger partial charge in [0.05, 0.1) is 0 Å². The molecule has 0 rings (SSSR count). The second kappa shape index (κ2) is 16.2. The predicted molar refractivity (Wildman–Crippen MR) is 83.6 cm³/mol. The summed E-state index contributed by atoms with van der Waals surface area (Å²) in [4.78, 5) is 0. The van der Waals surface area contributed by atoms with Crippen LogP contribution in [0.15, 0.2) is 30.4 Å². The molecule has 0 unspecified atom stereocenters. The number of rotatable bonds is 12. The molecule has 18 heavy (non-hydrogen) atoms. The second-order valence-corrected chi connectivity index (χ2v) is 4.86. The summed E-state index contributed by atoms with van der Waals surface area (Å²) in [6.07, 6.45) is 27.0. The van der Waals surface area contributed by atoms with Crippen LogP contribution in [0.5, 0.6) is 0 Å². The first-order valence-corrected chi connectivity index (χ1v) is 7.81. The molecule has 0 aliphatic heterocycles. The first-order chi connectivity index (χ1) is 8.91. The molecule has 0 spiro atoms. The molecule has 0 saturated heterocycles. The summed E-state index contributed by atoms with van der Waals surface area (Å²) in [6.45, 7) is 4.49. The third kappa shape index (κ3) is 15.2. The standard InChI is InChI=1S/C18H31/c1-3-5-7-9-11-13-15-17-18-16-14-12-10-8-6-4-2/h9,11,13,17-18H,3-8,10,12,14,16H2,1-2H3/b11-9-,15-13?,18-17-. The average Bonchev–Trinajstić information content (AvgIpc) is 2.39. The highest BCUT2D eigenvalue weighted by Gasteiger charge is 1.87. The highest BCUT2D eigenvalue weighted by atomic mass is 13.9. The second-order valence-electron chi connectivity index (χ2n) is 4.86. The number of allylic oxidation sites excluding steroid dienone is 6. The quantitative estimate of drug-likeness (QED) is 0.276. The van der Waals surface area contributed by atoms with Crippen molar-refractivity contribution in [1.29, 1.82) is 0 Å². The molecule has 0 atom stereocenters. The molecule has 0 fully saturated rings. The zero-order chi connectivity index (χ0) is 13.3. The molecular formula is C18H31. The molecule has 0 aromatic rings. The molecule has 1 radical (unpaired) electrons. The van der Waals surface area contributed by atoms with Gasteiger partial charge in [0.15, 0.2) is 0 Å².